The van der Waals surface area contributed by atoms with E-state index < -0.39 is 0 Å². The van der Waals surface area contributed by atoms with E-state index in [2.05, 4.69) is 5.32 Å². The molecular weight excluding hydrogens is 200 g/mol. The first-order valence-corrected chi connectivity index (χ1v) is 6.37. The molecule has 0 spiro atoms. The van der Waals surface area contributed by atoms with Gasteiger partial charge >= 0.3 is 0 Å². The van der Waals surface area contributed by atoms with Gasteiger partial charge < -0.3 is 10.2 Å². The number of hydrogen-bond donors (Lipinski definition) is 1. The average Bonchev–Trinajstić information content (AvgIpc) is 2.25. The van der Waals surface area contributed by atoms with Crippen LogP contribution in [0.3, 0.4) is 0 Å². The van der Waals surface area contributed by atoms with Gasteiger partial charge in [-0.15, -0.1) is 0 Å². The molecule has 3 heteroatoms. The van der Waals surface area contributed by atoms with Crippen molar-refractivity contribution in [3.8, 4) is 0 Å². The normalized spacial score (nSPS) is 21.9. The van der Waals surface area contributed by atoms with E-state index in [4.69, 9.17) is 0 Å². The van der Waals surface area contributed by atoms with Gasteiger partial charge in [-0.2, -0.15) is 0 Å². The number of piperidine rings is 1. The molecule has 1 N–H and O–H groups in total. The van der Waals surface area contributed by atoms with Gasteiger partial charge in [0, 0.05) is 19.0 Å². The molecule has 0 bridgehead atoms. The van der Waals surface area contributed by atoms with Crippen LogP contribution in [-0.4, -0.2) is 37.5 Å². The van der Waals surface area contributed by atoms with E-state index >= 15 is 0 Å². The maximum absolute atomic E-state index is 11.9. The molecule has 1 unspecified atom stereocenters. The van der Waals surface area contributed by atoms with Gasteiger partial charge in [0.15, 0.2) is 0 Å². The minimum atomic E-state index is -0.250. The quantitative estimate of drug-likeness (QED) is 0.797. The number of rotatable bonds is 3. The van der Waals surface area contributed by atoms with Crippen molar-refractivity contribution in [2.45, 2.75) is 40.0 Å². The fourth-order valence-electron chi connectivity index (χ4n) is 2.22. The van der Waals surface area contributed by atoms with Crippen LogP contribution >= 0.6 is 0 Å². The van der Waals surface area contributed by atoms with Gasteiger partial charge in [0.2, 0.25) is 5.91 Å². The van der Waals surface area contributed by atoms with Crippen LogP contribution in [-0.2, 0) is 4.79 Å². The minimum absolute atomic E-state index is 0.247. The zero-order chi connectivity index (χ0) is 12.2. The Morgan fingerprint density at radius 2 is 2.12 bits per heavy atom. The van der Waals surface area contributed by atoms with Crippen LogP contribution in [0.2, 0.25) is 0 Å². The molecule has 0 saturated carbocycles. The number of nitrogens with zero attached hydrogens (tertiary/aromatic N) is 1. The van der Waals surface area contributed by atoms with Crippen LogP contribution in [0.5, 0.6) is 0 Å². The van der Waals surface area contributed by atoms with Crippen molar-refractivity contribution in [2.24, 2.45) is 11.3 Å². The van der Waals surface area contributed by atoms with Crippen molar-refractivity contribution < 1.29 is 4.79 Å². The fourth-order valence-corrected chi connectivity index (χ4v) is 2.22. The van der Waals surface area contributed by atoms with E-state index in [0.29, 0.717) is 0 Å². The Labute approximate surface area is 99.6 Å². The summed E-state index contributed by atoms with van der Waals surface area (Å²) >= 11 is 0. The standard InChI is InChI=1S/C13H26N2O/c1-13(2,3)12(16)15(4)9-7-11-6-5-8-14-10-11/h11,14H,5-10H2,1-4H3. The van der Waals surface area contributed by atoms with E-state index in [1.807, 2.05) is 32.7 Å². The Balaban J connectivity index is 2.28. The predicted molar refractivity (Wildman–Crippen MR) is 67.3 cm³/mol. The largest absolute Gasteiger partial charge is 0.345 e. The summed E-state index contributed by atoms with van der Waals surface area (Å²) in [4.78, 5) is 13.8. The van der Waals surface area contributed by atoms with E-state index in [9.17, 15) is 4.79 Å². The van der Waals surface area contributed by atoms with Gasteiger partial charge in [-0.25, -0.2) is 0 Å². The van der Waals surface area contributed by atoms with Gasteiger partial charge in [-0.3, -0.25) is 4.79 Å². The number of nitrogens with one attached hydrogen (secondary N) is 1. The Kier molecular flexibility index (Phi) is 4.78. The van der Waals surface area contributed by atoms with Gasteiger partial charge in [0.1, 0.15) is 0 Å². The van der Waals surface area contributed by atoms with Crippen molar-refractivity contribution >= 4 is 5.91 Å². The van der Waals surface area contributed by atoms with Gasteiger partial charge in [0.05, 0.1) is 0 Å². The van der Waals surface area contributed by atoms with Crippen molar-refractivity contribution in [1.82, 2.24) is 10.2 Å². The monoisotopic (exact) mass is 226 g/mol. The minimum Gasteiger partial charge on any atom is -0.345 e. The summed E-state index contributed by atoms with van der Waals surface area (Å²) in [5.74, 6) is 1.00. The number of hydrogen-bond acceptors (Lipinski definition) is 2. The van der Waals surface area contributed by atoms with E-state index in [-0.39, 0.29) is 11.3 Å². The summed E-state index contributed by atoms with van der Waals surface area (Å²) in [7, 11) is 1.92. The second-order valence-corrected chi connectivity index (χ2v) is 5.98. The van der Waals surface area contributed by atoms with Crippen molar-refractivity contribution in [3.63, 3.8) is 0 Å². The lowest BCUT2D eigenvalue weighted by atomic mass is 9.93. The summed E-state index contributed by atoms with van der Waals surface area (Å²) in [6, 6.07) is 0. The molecule has 0 aromatic rings. The first-order valence-electron chi connectivity index (χ1n) is 6.37. The first-order chi connectivity index (χ1) is 7.41. The van der Waals surface area contributed by atoms with Crippen molar-refractivity contribution in [3.05, 3.63) is 0 Å². The smallest absolute Gasteiger partial charge is 0.227 e. The molecule has 0 radical (unpaired) electrons. The maximum Gasteiger partial charge on any atom is 0.227 e. The lowest BCUT2D eigenvalue weighted by Crippen LogP contribution is -2.39. The Bertz CT molecular complexity index is 227. The second kappa shape index (κ2) is 5.67. The number of carbonyl (C=O) groups excluding carboxylic acids is 1. The molecule has 0 aromatic heterocycles. The van der Waals surface area contributed by atoms with E-state index in [1.54, 1.807) is 0 Å². The Morgan fingerprint density at radius 3 is 2.62 bits per heavy atom. The zero-order valence-corrected chi connectivity index (χ0v) is 11.2. The molecule has 1 rings (SSSR count). The average molecular weight is 226 g/mol. The highest BCUT2D eigenvalue weighted by molar-refractivity contribution is 5.81. The topological polar surface area (TPSA) is 32.3 Å². The highest BCUT2D eigenvalue weighted by Crippen LogP contribution is 2.18. The van der Waals surface area contributed by atoms with Gasteiger partial charge in [-0.1, -0.05) is 20.8 Å². The summed E-state index contributed by atoms with van der Waals surface area (Å²) in [5.41, 5.74) is -0.250. The summed E-state index contributed by atoms with van der Waals surface area (Å²) in [6.07, 6.45) is 3.72. The van der Waals surface area contributed by atoms with Crippen LogP contribution in [0, 0.1) is 11.3 Å². The van der Waals surface area contributed by atoms with Crippen molar-refractivity contribution in [2.75, 3.05) is 26.7 Å². The molecule has 1 heterocycles. The van der Waals surface area contributed by atoms with Crippen LogP contribution in [0.25, 0.3) is 0 Å². The van der Waals surface area contributed by atoms with E-state index in [1.165, 1.54) is 12.8 Å². The molecule has 1 aliphatic rings. The first kappa shape index (κ1) is 13.5. The summed E-state index contributed by atoms with van der Waals surface area (Å²) in [6.45, 7) is 9.11. The Hall–Kier alpha value is -0.570. The Morgan fingerprint density at radius 1 is 1.44 bits per heavy atom. The highest BCUT2D eigenvalue weighted by Gasteiger charge is 2.25. The van der Waals surface area contributed by atoms with Gasteiger partial charge in [0.25, 0.3) is 0 Å². The lowest BCUT2D eigenvalue weighted by molar-refractivity contribution is -0.138. The number of amides is 1. The molecule has 1 amide bonds. The molecule has 0 aromatic carbocycles. The summed E-state index contributed by atoms with van der Waals surface area (Å²) in [5, 5.41) is 3.41. The van der Waals surface area contributed by atoms with Crippen LogP contribution in [0.1, 0.15) is 40.0 Å². The lowest BCUT2D eigenvalue weighted by Gasteiger charge is -2.29. The SMILES string of the molecule is CN(CCC1CCCNC1)C(=O)C(C)(C)C. The zero-order valence-electron chi connectivity index (χ0n) is 11.2. The molecule has 0 aliphatic carbocycles. The molecule has 3 nitrogen and oxygen atoms in total. The molecule has 1 saturated heterocycles. The molecule has 1 fully saturated rings. The molecular formula is C13H26N2O. The molecule has 94 valence electrons. The fraction of sp³-hybridized carbons (Fsp3) is 0.923. The van der Waals surface area contributed by atoms with Crippen LogP contribution in [0.15, 0.2) is 0 Å². The maximum atomic E-state index is 11.9. The number of carbonyl (C=O) groups is 1. The summed E-state index contributed by atoms with van der Waals surface area (Å²) < 4.78 is 0. The van der Waals surface area contributed by atoms with Crippen LogP contribution < -0.4 is 5.32 Å². The van der Waals surface area contributed by atoms with Crippen molar-refractivity contribution in [1.29, 1.82) is 0 Å². The highest BCUT2D eigenvalue weighted by atomic mass is 16.2. The van der Waals surface area contributed by atoms with Crippen LogP contribution in [0.4, 0.5) is 0 Å². The predicted octanol–water partition coefficient (Wildman–Crippen LogP) is 1.88. The molecule has 1 aliphatic heterocycles. The van der Waals surface area contributed by atoms with Gasteiger partial charge in [-0.05, 0) is 38.3 Å². The third kappa shape index (κ3) is 4.12. The third-order valence-corrected chi connectivity index (χ3v) is 3.26. The third-order valence-electron chi connectivity index (χ3n) is 3.26. The molecule has 16 heavy (non-hydrogen) atoms. The molecule has 1 atom stereocenters. The second-order valence-electron chi connectivity index (χ2n) is 5.98. The van der Waals surface area contributed by atoms with E-state index in [0.717, 1.165) is 32.0 Å².